The highest BCUT2D eigenvalue weighted by Crippen LogP contribution is 2.22. The number of para-hydroxylation sites is 1. The second kappa shape index (κ2) is 9.55. The molecule has 8 heteroatoms. The van der Waals surface area contributed by atoms with Crippen LogP contribution in [-0.4, -0.2) is 20.4 Å². The first-order valence-corrected chi connectivity index (χ1v) is 10.7. The first-order valence-electron chi connectivity index (χ1n) is 9.29. The van der Waals surface area contributed by atoms with Gasteiger partial charge in [0, 0.05) is 6.92 Å². The van der Waals surface area contributed by atoms with E-state index in [1.54, 1.807) is 42.5 Å². The summed E-state index contributed by atoms with van der Waals surface area (Å²) in [5, 5.41) is 0. The summed E-state index contributed by atoms with van der Waals surface area (Å²) in [5.41, 5.74) is 1.51. The van der Waals surface area contributed by atoms with Gasteiger partial charge < -0.3 is 9.47 Å². The van der Waals surface area contributed by atoms with Crippen molar-refractivity contribution >= 4 is 22.1 Å². The van der Waals surface area contributed by atoms with Crippen LogP contribution in [0.2, 0.25) is 0 Å². The van der Waals surface area contributed by atoms with Gasteiger partial charge in [0.25, 0.3) is 10.1 Å². The molecule has 3 rings (SSSR count). The molecule has 0 atom stereocenters. The van der Waals surface area contributed by atoms with Crippen LogP contribution >= 0.6 is 0 Å². The van der Waals surface area contributed by atoms with Crippen molar-refractivity contribution < 1.29 is 31.7 Å². The molecule has 0 aromatic heterocycles. The predicted molar refractivity (Wildman–Crippen MR) is 112 cm³/mol. The zero-order chi connectivity index (χ0) is 22.4. The molecule has 0 fully saturated rings. The zero-order valence-electron chi connectivity index (χ0n) is 16.9. The van der Waals surface area contributed by atoms with E-state index in [0.717, 1.165) is 5.56 Å². The molecule has 0 spiro atoms. The van der Waals surface area contributed by atoms with Gasteiger partial charge in [-0.15, -0.1) is 0 Å². The highest BCUT2D eigenvalue weighted by atomic mass is 32.2. The van der Waals surface area contributed by atoms with Crippen LogP contribution in [0.5, 0.6) is 11.5 Å². The third-order valence-electron chi connectivity index (χ3n) is 4.16. The van der Waals surface area contributed by atoms with Crippen molar-refractivity contribution in [3.63, 3.8) is 0 Å². The van der Waals surface area contributed by atoms with Crippen molar-refractivity contribution in [3.8, 4) is 11.5 Å². The summed E-state index contributed by atoms with van der Waals surface area (Å²) in [5.74, 6) is -1.00. The monoisotopic (exact) mass is 440 g/mol. The van der Waals surface area contributed by atoms with Crippen molar-refractivity contribution in [1.82, 2.24) is 0 Å². The number of esters is 2. The molecular formula is C23H20O7S. The highest BCUT2D eigenvalue weighted by Gasteiger charge is 2.17. The average Bonchev–Trinajstić information content (AvgIpc) is 2.73. The van der Waals surface area contributed by atoms with Gasteiger partial charge in [-0.25, -0.2) is 4.79 Å². The molecule has 0 aliphatic rings. The fraction of sp³-hybridized carbons (Fsp3) is 0.130. The van der Waals surface area contributed by atoms with Gasteiger partial charge in [0.05, 0.1) is 11.5 Å². The third-order valence-corrected chi connectivity index (χ3v) is 5.44. The van der Waals surface area contributed by atoms with Gasteiger partial charge in [-0.3, -0.25) is 8.98 Å². The molecule has 160 valence electrons. The molecule has 0 unspecified atom stereocenters. The summed E-state index contributed by atoms with van der Waals surface area (Å²) < 4.78 is 40.2. The molecule has 0 amide bonds. The van der Waals surface area contributed by atoms with Crippen LogP contribution in [0.4, 0.5) is 0 Å². The molecule has 3 aromatic rings. The molecule has 0 saturated carbocycles. The van der Waals surface area contributed by atoms with Crippen LogP contribution in [0.3, 0.4) is 0 Å². The Balaban J connectivity index is 1.70. The van der Waals surface area contributed by atoms with E-state index in [-0.39, 0.29) is 28.6 Å². The summed E-state index contributed by atoms with van der Waals surface area (Å²) >= 11 is 0. The number of ether oxygens (including phenoxy) is 2. The number of aryl methyl sites for hydroxylation is 1. The largest absolute Gasteiger partial charge is 0.426 e. The number of benzene rings is 3. The summed E-state index contributed by atoms with van der Waals surface area (Å²) in [7, 11) is -3.93. The molecule has 0 radical (unpaired) electrons. The van der Waals surface area contributed by atoms with Crippen LogP contribution in [0.1, 0.15) is 28.4 Å². The maximum absolute atomic E-state index is 12.5. The smallest absolute Gasteiger partial charge is 0.347 e. The lowest BCUT2D eigenvalue weighted by Crippen LogP contribution is -2.12. The van der Waals surface area contributed by atoms with Gasteiger partial charge in [0.1, 0.15) is 17.1 Å². The normalized spacial score (nSPS) is 11.0. The Bertz CT molecular complexity index is 1200. The Kier molecular flexibility index (Phi) is 6.84. The maximum atomic E-state index is 12.5. The Morgan fingerprint density at radius 2 is 1.58 bits per heavy atom. The number of carbonyl (C=O) groups is 2. The van der Waals surface area contributed by atoms with Crippen molar-refractivity contribution in [1.29, 1.82) is 0 Å². The standard InChI is InChI=1S/C23H20O7S/c1-16-10-12-20(13-11-16)31(26,27)28-15-18-6-5-7-19(14-18)30-23(25)21-8-3-4-9-22(21)29-17(2)24/h3-14H,15H2,1-2H3. The van der Waals surface area contributed by atoms with Gasteiger partial charge in [-0.1, -0.05) is 42.0 Å². The highest BCUT2D eigenvalue weighted by molar-refractivity contribution is 7.86. The van der Waals surface area contributed by atoms with E-state index in [1.807, 2.05) is 6.92 Å². The van der Waals surface area contributed by atoms with E-state index in [0.29, 0.717) is 5.56 Å². The SMILES string of the molecule is CC(=O)Oc1ccccc1C(=O)Oc1cccc(COS(=O)(=O)c2ccc(C)cc2)c1. The van der Waals surface area contributed by atoms with Gasteiger partial charge in [-0.05, 0) is 48.9 Å². The minimum atomic E-state index is -3.93. The van der Waals surface area contributed by atoms with Crippen LogP contribution in [0.15, 0.2) is 77.7 Å². The fourth-order valence-corrected chi connectivity index (χ4v) is 3.56. The van der Waals surface area contributed by atoms with E-state index in [4.69, 9.17) is 13.7 Å². The average molecular weight is 440 g/mol. The van der Waals surface area contributed by atoms with Crippen molar-refractivity contribution in [2.24, 2.45) is 0 Å². The van der Waals surface area contributed by atoms with E-state index in [9.17, 15) is 18.0 Å². The first-order chi connectivity index (χ1) is 14.7. The minimum absolute atomic E-state index is 0.0581. The number of carbonyl (C=O) groups excluding carboxylic acids is 2. The predicted octanol–water partition coefficient (Wildman–Crippen LogP) is 4.05. The van der Waals surface area contributed by atoms with Crippen LogP contribution in [0, 0.1) is 6.92 Å². The second-order valence-electron chi connectivity index (χ2n) is 6.66. The molecule has 0 heterocycles. The number of hydrogen-bond donors (Lipinski definition) is 0. The van der Waals surface area contributed by atoms with Gasteiger partial charge in [0.15, 0.2) is 0 Å². The topological polar surface area (TPSA) is 96.0 Å². The fourth-order valence-electron chi connectivity index (χ4n) is 2.66. The molecule has 3 aromatic carbocycles. The molecule has 0 N–H and O–H groups in total. The van der Waals surface area contributed by atoms with E-state index in [2.05, 4.69) is 0 Å². The van der Waals surface area contributed by atoms with Crippen molar-refractivity contribution in [2.75, 3.05) is 0 Å². The Morgan fingerprint density at radius 3 is 2.29 bits per heavy atom. The summed E-state index contributed by atoms with van der Waals surface area (Å²) in [4.78, 5) is 23.8. The lowest BCUT2D eigenvalue weighted by Gasteiger charge is -2.10. The lowest BCUT2D eigenvalue weighted by molar-refractivity contribution is -0.131. The van der Waals surface area contributed by atoms with E-state index >= 15 is 0 Å². The molecule has 7 nitrogen and oxygen atoms in total. The van der Waals surface area contributed by atoms with Crippen molar-refractivity contribution in [2.45, 2.75) is 25.3 Å². The van der Waals surface area contributed by atoms with Gasteiger partial charge in [0.2, 0.25) is 0 Å². The minimum Gasteiger partial charge on any atom is -0.426 e. The van der Waals surface area contributed by atoms with E-state index < -0.39 is 22.1 Å². The summed E-state index contributed by atoms with van der Waals surface area (Å²) in [6, 6.07) is 18.8. The molecule has 31 heavy (non-hydrogen) atoms. The van der Waals surface area contributed by atoms with Gasteiger partial charge >= 0.3 is 11.9 Å². The molecule has 0 bridgehead atoms. The van der Waals surface area contributed by atoms with E-state index in [1.165, 1.54) is 37.3 Å². The second-order valence-corrected chi connectivity index (χ2v) is 8.27. The number of rotatable bonds is 7. The Morgan fingerprint density at radius 1 is 0.871 bits per heavy atom. The number of hydrogen-bond acceptors (Lipinski definition) is 7. The summed E-state index contributed by atoms with van der Waals surface area (Å²) in [6.07, 6.45) is 0. The molecule has 0 aliphatic heterocycles. The lowest BCUT2D eigenvalue weighted by atomic mass is 10.2. The van der Waals surface area contributed by atoms with Crippen LogP contribution in [-0.2, 0) is 25.7 Å². The molecule has 0 saturated heterocycles. The Hall–Kier alpha value is -3.49. The Labute approximate surface area is 180 Å². The third kappa shape index (κ3) is 6.00. The molecular weight excluding hydrogens is 420 g/mol. The first kappa shape index (κ1) is 22.2. The van der Waals surface area contributed by atoms with Crippen molar-refractivity contribution in [3.05, 3.63) is 89.5 Å². The molecule has 0 aliphatic carbocycles. The van der Waals surface area contributed by atoms with Crippen LogP contribution < -0.4 is 9.47 Å². The quantitative estimate of drug-likeness (QED) is 0.311. The van der Waals surface area contributed by atoms with Crippen LogP contribution in [0.25, 0.3) is 0 Å². The summed E-state index contributed by atoms with van der Waals surface area (Å²) in [6.45, 7) is 2.86. The van der Waals surface area contributed by atoms with Gasteiger partial charge in [-0.2, -0.15) is 8.42 Å². The zero-order valence-corrected chi connectivity index (χ0v) is 17.7. The maximum Gasteiger partial charge on any atom is 0.347 e.